The number of ether oxygens (including phenoxy) is 1. The summed E-state index contributed by atoms with van der Waals surface area (Å²) in [6, 6.07) is 7.68. The minimum atomic E-state index is -1.19. The van der Waals surface area contributed by atoms with Gasteiger partial charge in [-0.2, -0.15) is 0 Å². The Kier molecular flexibility index (Phi) is 8.86. The van der Waals surface area contributed by atoms with Gasteiger partial charge in [0.25, 0.3) is 0 Å². The molecule has 0 aliphatic carbocycles. The summed E-state index contributed by atoms with van der Waals surface area (Å²) >= 11 is 0. The van der Waals surface area contributed by atoms with Gasteiger partial charge in [0.15, 0.2) is 0 Å². The van der Waals surface area contributed by atoms with Crippen LogP contribution in [0.25, 0.3) is 0 Å². The number of likely N-dealkylation sites (tertiary alicyclic amines) is 1. The minimum absolute atomic E-state index is 0.0673. The molecule has 0 radical (unpaired) electrons. The number of carbonyl (C=O) groups excluding carboxylic acids is 3. The molecule has 8 nitrogen and oxygen atoms in total. The van der Waals surface area contributed by atoms with Crippen LogP contribution in [0, 0.1) is 23.7 Å². The van der Waals surface area contributed by atoms with Crippen LogP contribution in [0.2, 0.25) is 0 Å². The van der Waals surface area contributed by atoms with Gasteiger partial charge < -0.3 is 24.5 Å². The Labute approximate surface area is 245 Å². The summed E-state index contributed by atoms with van der Waals surface area (Å²) in [4.78, 5) is 48.8. The first kappa shape index (κ1) is 31.0. The number of carbonyl (C=O) groups is 3. The standard InChI is InChI=1S/C33H47N3O5/c1-9-17-34(21(4)5)31(40)28-33-19-23(7)32(8,41-33)26(27(33)30(39)36(28)25(20-37)22(6)11-3)29(38)35(18-10-2)24-15-13-12-14-16-24/h9-10,12-16,21-23,25-28,37H,1-2,11,17-20H2,3-8H3/t22-,23?,25-,26+,27-,28?,32-,33?/m0/s1. The fourth-order valence-electron chi connectivity index (χ4n) is 7.58. The van der Waals surface area contributed by atoms with Gasteiger partial charge in [0.05, 0.1) is 30.1 Å². The van der Waals surface area contributed by atoms with Crippen molar-refractivity contribution in [3.05, 3.63) is 55.6 Å². The number of aliphatic hydroxyl groups is 1. The number of hydrogen-bond acceptors (Lipinski definition) is 5. The van der Waals surface area contributed by atoms with Crippen LogP contribution in [-0.4, -0.2) is 81.7 Å². The molecule has 1 spiro atoms. The quantitative estimate of drug-likeness (QED) is 0.387. The molecule has 2 bridgehead atoms. The summed E-state index contributed by atoms with van der Waals surface area (Å²) in [6.45, 7) is 19.9. The van der Waals surface area contributed by atoms with Gasteiger partial charge in [0, 0.05) is 24.8 Å². The summed E-state index contributed by atoms with van der Waals surface area (Å²) in [7, 11) is 0. The van der Waals surface area contributed by atoms with Crippen molar-refractivity contribution in [2.75, 3.05) is 24.6 Å². The maximum atomic E-state index is 14.7. The van der Waals surface area contributed by atoms with Crippen LogP contribution >= 0.6 is 0 Å². The van der Waals surface area contributed by atoms with E-state index in [9.17, 15) is 19.5 Å². The van der Waals surface area contributed by atoms with E-state index in [-0.39, 0.29) is 48.8 Å². The molecule has 41 heavy (non-hydrogen) atoms. The van der Waals surface area contributed by atoms with Crippen LogP contribution in [-0.2, 0) is 19.1 Å². The first-order valence-electron chi connectivity index (χ1n) is 15.0. The molecule has 3 unspecified atom stereocenters. The molecule has 0 aromatic heterocycles. The van der Waals surface area contributed by atoms with Crippen molar-refractivity contribution in [2.24, 2.45) is 23.7 Å². The van der Waals surface area contributed by atoms with Gasteiger partial charge >= 0.3 is 0 Å². The molecule has 3 aliphatic rings. The Morgan fingerprint density at radius 3 is 2.32 bits per heavy atom. The lowest BCUT2D eigenvalue weighted by atomic mass is 9.62. The second-order valence-electron chi connectivity index (χ2n) is 12.5. The zero-order chi connectivity index (χ0) is 30.3. The summed E-state index contributed by atoms with van der Waals surface area (Å²) in [5.41, 5.74) is -1.42. The van der Waals surface area contributed by atoms with Crippen molar-refractivity contribution in [3.63, 3.8) is 0 Å². The van der Waals surface area contributed by atoms with E-state index >= 15 is 0 Å². The fourth-order valence-corrected chi connectivity index (χ4v) is 7.58. The van der Waals surface area contributed by atoms with Gasteiger partial charge in [-0.25, -0.2) is 0 Å². The summed E-state index contributed by atoms with van der Waals surface area (Å²) in [6.07, 6.45) is 4.55. The molecule has 3 amide bonds. The highest BCUT2D eigenvalue weighted by Gasteiger charge is 2.80. The number of para-hydroxylation sites is 1. The van der Waals surface area contributed by atoms with Gasteiger partial charge in [0.1, 0.15) is 11.6 Å². The van der Waals surface area contributed by atoms with E-state index in [2.05, 4.69) is 13.2 Å². The number of hydrogen-bond donors (Lipinski definition) is 1. The number of aliphatic hydroxyl groups excluding tert-OH is 1. The lowest BCUT2D eigenvalue weighted by molar-refractivity contribution is -0.157. The molecule has 3 heterocycles. The van der Waals surface area contributed by atoms with Crippen molar-refractivity contribution < 1.29 is 24.2 Å². The Bertz CT molecular complexity index is 1170. The normalized spacial score (nSPS) is 31.6. The Balaban J connectivity index is 1.90. The van der Waals surface area contributed by atoms with Gasteiger partial charge in [-0.05, 0) is 51.2 Å². The average Bonchev–Trinajstić information content (AvgIpc) is 3.47. The molecule has 3 aliphatic heterocycles. The molecule has 1 N–H and O–H groups in total. The largest absolute Gasteiger partial charge is 0.394 e. The molecule has 4 rings (SSSR count). The third kappa shape index (κ3) is 4.73. The summed E-state index contributed by atoms with van der Waals surface area (Å²) in [5, 5.41) is 10.6. The Morgan fingerprint density at radius 1 is 1.15 bits per heavy atom. The van der Waals surface area contributed by atoms with Crippen LogP contribution in [0.15, 0.2) is 55.6 Å². The molecule has 3 fully saturated rings. The van der Waals surface area contributed by atoms with Crippen molar-refractivity contribution >= 4 is 23.4 Å². The topological polar surface area (TPSA) is 90.4 Å². The molecular weight excluding hydrogens is 518 g/mol. The first-order chi connectivity index (χ1) is 19.4. The Hall–Kier alpha value is -2.97. The van der Waals surface area contributed by atoms with Crippen LogP contribution in [0.4, 0.5) is 5.69 Å². The van der Waals surface area contributed by atoms with Gasteiger partial charge in [-0.15, -0.1) is 13.2 Å². The van der Waals surface area contributed by atoms with E-state index in [4.69, 9.17) is 4.74 Å². The van der Waals surface area contributed by atoms with Crippen LogP contribution in [0.1, 0.15) is 54.4 Å². The molecular formula is C33H47N3O5. The van der Waals surface area contributed by atoms with Gasteiger partial charge in [-0.1, -0.05) is 57.5 Å². The molecule has 224 valence electrons. The highest BCUT2D eigenvalue weighted by molar-refractivity contribution is 6.03. The van der Waals surface area contributed by atoms with E-state index in [0.29, 0.717) is 25.1 Å². The highest BCUT2D eigenvalue weighted by atomic mass is 16.5. The number of amides is 3. The van der Waals surface area contributed by atoms with E-state index in [0.717, 1.165) is 0 Å². The lowest BCUT2D eigenvalue weighted by Gasteiger charge is -2.42. The van der Waals surface area contributed by atoms with E-state index in [1.165, 1.54) is 0 Å². The monoisotopic (exact) mass is 565 g/mol. The summed E-state index contributed by atoms with van der Waals surface area (Å²) in [5.74, 6) is -2.53. The number of rotatable bonds is 12. The highest BCUT2D eigenvalue weighted by Crippen LogP contribution is 2.66. The summed E-state index contributed by atoms with van der Waals surface area (Å²) < 4.78 is 6.94. The van der Waals surface area contributed by atoms with Crippen molar-refractivity contribution in [1.29, 1.82) is 0 Å². The minimum Gasteiger partial charge on any atom is -0.394 e. The predicted octanol–water partition coefficient (Wildman–Crippen LogP) is 4.05. The third-order valence-electron chi connectivity index (χ3n) is 9.98. The SMILES string of the molecule is C=CCN(C(=O)[C@H]1[C@H]2C(=O)N([C@@H](CO)[C@@H](C)CC)C(C(=O)N(CC=C)C(C)C)C23CC(C)[C@]1(C)O3)c1ccccc1. The number of anilines is 1. The van der Waals surface area contributed by atoms with E-state index < -0.39 is 35.1 Å². The zero-order valence-electron chi connectivity index (χ0n) is 25.5. The molecule has 8 atom stereocenters. The average molecular weight is 566 g/mol. The molecule has 8 heteroatoms. The van der Waals surface area contributed by atoms with E-state index in [1.807, 2.05) is 71.9 Å². The maximum absolute atomic E-state index is 14.7. The van der Waals surface area contributed by atoms with Gasteiger partial charge in [-0.3, -0.25) is 14.4 Å². The molecule has 3 saturated heterocycles. The third-order valence-corrected chi connectivity index (χ3v) is 9.98. The van der Waals surface area contributed by atoms with E-state index in [1.54, 1.807) is 26.9 Å². The van der Waals surface area contributed by atoms with Crippen molar-refractivity contribution in [1.82, 2.24) is 9.80 Å². The van der Waals surface area contributed by atoms with Crippen molar-refractivity contribution in [2.45, 2.75) is 83.7 Å². The van der Waals surface area contributed by atoms with Gasteiger partial charge in [0.2, 0.25) is 17.7 Å². The zero-order valence-corrected chi connectivity index (χ0v) is 25.5. The maximum Gasteiger partial charge on any atom is 0.248 e. The number of benzene rings is 1. The van der Waals surface area contributed by atoms with Crippen LogP contribution < -0.4 is 4.90 Å². The first-order valence-corrected chi connectivity index (χ1v) is 15.0. The Morgan fingerprint density at radius 2 is 1.78 bits per heavy atom. The predicted molar refractivity (Wildman–Crippen MR) is 160 cm³/mol. The molecule has 1 aromatic rings. The second kappa shape index (κ2) is 11.7. The molecule has 0 saturated carbocycles. The van der Waals surface area contributed by atoms with Crippen molar-refractivity contribution in [3.8, 4) is 0 Å². The second-order valence-corrected chi connectivity index (χ2v) is 12.5. The lowest BCUT2D eigenvalue weighted by Crippen LogP contribution is -2.60. The van der Waals surface area contributed by atoms with Crippen LogP contribution in [0.5, 0.6) is 0 Å². The number of nitrogens with zero attached hydrogens (tertiary/aromatic N) is 3. The smallest absolute Gasteiger partial charge is 0.248 e. The number of fused-ring (bicyclic) bond motifs is 1. The van der Waals surface area contributed by atoms with Crippen LogP contribution in [0.3, 0.4) is 0 Å². The fraction of sp³-hybridized carbons (Fsp3) is 0.606. The molecule has 1 aromatic carbocycles.